The molecule has 1 atom stereocenters. The van der Waals surface area contributed by atoms with Gasteiger partial charge in [-0.2, -0.15) is 13.2 Å². The van der Waals surface area contributed by atoms with Crippen molar-refractivity contribution in [1.82, 2.24) is 15.3 Å². The summed E-state index contributed by atoms with van der Waals surface area (Å²) in [6, 6.07) is 4.00. The molecule has 1 unspecified atom stereocenters. The van der Waals surface area contributed by atoms with Crippen LogP contribution in [-0.2, 0) is 22.3 Å². The minimum atomic E-state index is -4.60. The number of hydrogen-bond donors (Lipinski definition) is 3. The Labute approximate surface area is 185 Å². The molecule has 2 aromatic rings. The number of nitrogens with one attached hydrogen (secondary N) is 2. The second kappa shape index (κ2) is 9.67. The second-order valence-electron chi connectivity index (χ2n) is 7.20. The first-order valence-corrected chi connectivity index (χ1v) is 9.80. The number of primary amides is 1. The molecule has 33 heavy (non-hydrogen) atoms. The number of anilines is 2. The van der Waals surface area contributed by atoms with Gasteiger partial charge in [-0.25, -0.2) is 9.97 Å². The van der Waals surface area contributed by atoms with Crippen molar-refractivity contribution in [2.75, 3.05) is 23.3 Å². The molecule has 2 heterocycles. The lowest BCUT2D eigenvalue weighted by atomic mass is 10.1. The minimum Gasteiger partial charge on any atom is -0.368 e. The van der Waals surface area contributed by atoms with Crippen molar-refractivity contribution in [1.29, 1.82) is 0 Å². The SMILES string of the molecule is NC(=O)CNC(=O)C1CCCN1c1ncnc(NCc2ccccc2C(F)(F)F)c1[N+](=O)[O-]. The summed E-state index contributed by atoms with van der Waals surface area (Å²) in [5, 5.41) is 16.8. The van der Waals surface area contributed by atoms with Gasteiger partial charge in [0.1, 0.15) is 12.4 Å². The fourth-order valence-electron chi connectivity index (χ4n) is 3.59. The molecule has 0 spiro atoms. The van der Waals surface area contributed by atoms with Gasteiger partial charge in [0.2, 0.25) is 23.5 Å². The normalized spacial score (nSPS) is 15.8. The average Bonchev–Trinajstić information content (AvgIpc) is 3.25. The highest BCUT2D eigenvalue weighted by Gasteiger charge is 2.38. The Balaban J connectivity index is 1.89. The number of nitrogens with two attached hydrogens (primary N) is 1. The number of alkyl halides is 3. The Bertz CT molecular complexity index is 1060. The van der Waals surface area contributed by atoms with E-state index in [0.29, 0.717) is 12.8 Å². The van der Waals surface area contributed by atoms with Crippen LogP contribution in [0.1, 0.15) is 24.0 Å². The van der Waals surface area contributed by atoms with E-state index >= 15 is 0 Å². The molecule has 11 nitrogen and oxygen atoms in total. The molecule has 1 aliphatic rings. The van der Waals surface area contributed by atoms with E-state index in [9.17, 15) is 32.9 Å². The first-order chi connectivity index (χ1) is 15.6. The fraction of sp³-hybridized carbons (Fsp3) is 0.368. The molecule has 4 N–H and O–H groups in total. The minimum absolute atomic E-state index is 0.121. The van der Waals surface area contributed by atoms with Gasteiger partial charge in [0.05, 0.1) is 17.0 Å². The lowest BCUT2D eigenvalue weighted by molar-refractivity contribution is -0.383. The van der Waals surface area contributed by atoms with Crippen LogP contribution in [0.15, 0.2) is 30.6 Å². The van der Waals surface area contributed by atoms with E-state index in [0.717, 1.165) is 12.4 Å². The molecule has 1 fully saturated rings. The van der Waals surface area contributed by atoms with E-state index in [4.69, 9.17) is 5.73 Å². The summed E-state index contributed by atoms with van der Waals surface area (Å²) in [6.07, 6.45) is -2.69. The molecule has 2 amide bonds. The van der Waals surface area contributed by atoms with E-state index in [1.165, 1.54) is 23.1 Å². The summed E-state index contributed by atoms with van der Waals surface area (Å²) in [6.45, 7) is -0.501. The first-order valence-electron chi connectivity index (χ1n) is 9.80. The van der Waals surface area contributed by atoms with E-state index < -0.39 is 40.2 Å². The number of nitro groups is 1. The van der Waals surface area contributed by atoms with Crippen LogP contribution in [0, 0.1) is 10.1 Å². The van der Waals surface area contributed by atoms with E-state index in [-0.39, 0.29) is 36.8 Å². The maximum Gasteiger partial charge on any atom is 0.416 e. The van der Waals surface area contributed by atoms with Crippen molar-refractivity contribution in [3.63, 3.8) is 0 Å². The molecule has 0 saturated carbocycles. The summed E-state index contributed by atoms with van der Waals surface area (Å²) in [5.41, 5.74) is 3.46. The fourth-order valence-corrected chi connectivity index (χ4v) is 3.59. The van der Waals surface area contributed by atoms with Crippen LogP contribution in [0.3, 0.4) is 0 Å². The second-order valence-corrected chi connectivity index (χ2v) is 7.20. The lowest BCUT2D eigenvalue weighted by Crippen LogP contribution is -2.46. The lowest BCUT2D eigenvalue weighted by Gasteiger charge is -2.24. The number of carbonyl (C=O) groups is 2. The van der Waals surface area contributed by atoms with Gasteiger partial charge in [-0.15, -0.1) is 0 Å². The number of rotatable bonds is 8. The van der Waals surface area contributed by atoms with Gasteiger partial charge in [0.15, 0.2) is 0 Å². The van der Waals surface area contributed by atoms with E-state index in [2.05, 4.69) is 20.6 Å². The molecule has 176 valence electrons. The molecule has 0 bridgehead atoms. The number of benzene rings is 1. The Morgan fingerprint density at radius 2 is 2.00 bits per heavy atom. The van der Waals surface area contributed by atoms with Crippen LogP contribution in [-0.4, -0.2) is 45.8 Å². The number of nitrogens with zero attached hydrogens (tertiary/aromatic N) is 4. The molecule has 1 aromatic heterocycles. The van der Waals surface area contributed by atoms with Gasteiger partial charge in [-0.3, -0.25) is 19.7 Å². The Morgan fingerprint density at radius 1 is 1.27 bits per heavy atom. The smallest absolute Gasteiger partial charge is 0.368 e. The van der Waals surface area contributed by atoms with Gasteiger partial charge in [-0.1, -0.05) is 18.2 Å². The van der Waals surface area contributed by atoms with Crippen LogP contribution >= 0.6 is 0 Å². The molecule has 1 aromatic carbocycles. The van der Waals surface area contributed by atoms with Crippen molar-refractivity contribution in [3.8, 4) is 0 Å². The number of aromatic nitrogens is 2. The van der Waals surface area contributed by atoms with Gasteiger partial charge in [0, 0.05) is 13.1 Å². The summed E-state index contributed by atoms with van der Waals surface area (Å²) >= 11 is 0. The van der Waals surface area contributed by atoms with Crippen LogP contribution in [0.2, 0.25) is 0 Å². The zero-order valence-corrected chi connectivity index (χ0v) is 17.1. The third-order valence-electron chi connectivity index (χ3n) is 5.02. The topological polar surface area (TPSA) is 156 Å². The van der Waals surface area contributed by atoms with Crippen molar-refractivity contribution in [3.05, 3.63) is 51.8 Å². The molecule has 1 saturated heterocycles. The van der Waals surface area contributed by atoms with Crippen molar-refractivity contribution < 1.29 is 27.7 Å². The monoisotopic (exact) mass is 467 g/mol. The van der Waals surface area contributed by atoms with E-state index in [1.807, 2.05) is 0 Å². The van der Waals surface area contributed by atoms with Gasteiger partial charge in [0.25, 0.3) is 0 Å². The van der Waals surface area contributed by atoms with Crippen LogP contribution in [0.5, 0.6) is 0 Å². The van der Waals surface area contributed by atoms with Crippen molar-refractivity contribution in [2.24, 2.45) is 5.73 Å². The standard InChI is InChI=1S/C19H20F3N7O4/c20-19(21,22)12-5-2-1-4-11(12)8-24-16-15(29(32)33)17(27-10-26-16)28-7-3-6-13(28)18(31)25-9-14(23)30/h1-2,4-5,10,13H,3,6-9H2,(H2,23,30)(H,25,31)(H,24,26,27). The Kier molecular flexibility index (Phi) is 6.94. The number of amides is 2. The molecule has 14 heteroatoms. The third-order valence-corrected chi connectivity index (χ3v) is 5.02. The summed E-state index contributed by atoms with van der Waals surface area (Å²) < 4.78 is 39.7. The van der Waals surface area contributed by atoms with Crippen LogP contribution < -0.4 is 21.3 Å². The predicted molar refractivity (Wildman–Crippen MR) is 110 cm³/mol. The zero-order valence-electron chi connectivity index (χ0n) is 17.1. The largest absolute Gasteiger partial charge is 0.416 e. The molecular formula is C19H20F3N7O4. The Hall–Kier alpha value is -3.97. The summed E-state index contributed by atoms with van der Waals surface area (Å²) in [7, 11) is 0. The zero-order chi connectivity index (χ0) is 24.2. The first kappa shape index (κ1) is 23.7. The quantitative estimate of drug-likeness (QED) is 0.390. The maximum absolute atomic E-state index is 13.2. The molecule has 3 rings (SSSR count). The maximum atomic E-state index is 13.2. The number of carbonyl (C=O) groups excluding carboxylic acids is 2. The molecule has 0 aliphatic carbocycles. The van der Waals surface area contributed by atoms with Gasteiger partial charge >= 0.3 is 11.9 Å². The van der Waals surface area contributed by atoms with E-state index in [1.54, 1.807) is 0 Å². The highest BCUT2D eigenvalue weighted by molar-refractivity contribution is 5.90. The molecule has 1 aliphatic heterocycles. The highest BCUT2D eigenvalue weighted by atomic mass is 19.4. The van der Waals surface area contributed by atoms with Gasteiger partial charge in [-0.05, 0) is 24.5 Å². The van der Waals surface area contributed by atoms with Crippen molar-refractivity contribution in [2.45, 2.75) is 31.6 Å². The molecular weight excluding hydrogens is 447 g/mol. The predicted octanol–water partition coefficient (Wildman–Crippen LogP) is 1.59. The highest BCUT2D eigenvalue weighted by Crippen LogP contribution is 2.37. The summed E-state index contributed by atoms with van der Waals surface area (Å²) in [5.74, 6) is -1.73. The van der Waals surface area contributed by atoms with Crippen LogP contribution in [0.25, 0.3) is 0 Å². The summed E-state index contributed by atoms with van der Waals surface area (Å²) in [4.78, 5) is 43.7. The average molecular weight is 467 g/mol. The number of halogens is 3. The molecule has 0 radical (unpaired) electrons. The van der Waals surface area contributed by atoms with Crippen molar-refractivity contribution >= 4 is 29.1 Å². The Morgan fingerprint density at radius 3 is 2.67 bits per heavy atom. The van der Waals surface area contributed by atoms with Gasteiger partial charge < -0.3 is 21.3 Å². The third kappa shape index (κ3) is 5.45. The number of hydrogen-bond acceptors (Lipinski definition) is 8. The van der Waals surface area contributed by atoms with Crippen LogP contribution in [0.4, 0.5) is 30.5 Å².